The van der Waals surface area contributed by atoms with E-state index in [9.17, 15) is 4.79 Å². The minimum absolute atomic E-state index is 0.302. The van der Waals surface area contributed by atoms with Gasteiger partial charge in [-0.25, -0.2) is 4.98 Å². The van der Waals surface area contributed by atoms with Gasteiger partial charge in [0.1, 0.15) is 17.2 Å². The maximum absolute atomic E-state index is 12.7. The third kappa shape index (κ3) is 2.94. The SMILES string of the molecule is CN(C)C1CCN(c2ccc3c(c2)OC(=O)C(c2nc4ccccc4o2)C3)C1. The van der Waals surface area contributed by atoms with Crippen LogP contribution in [0.4, 0.5) is 5.69 Å². The van der Waals surface area contributed by atoms with Crippen molar-refractivity contribution in [2.45, 2.75) is 24.8 Å². The standard InChI is InChI=1S/C22H23N3O3/c1-24(2)16-9-10-25(13-16)15-8-7-14-11-17(22(26)28-20(14)12-15)21-23-18-5-3-4-6-19(18)27-21/h3-8,12,16-17H,9-11,13H2,1-2H3. The number of aromatic nitrogens is 1. The van der Waals surface area contributed by atoms with Crippen molar-refractivity contribution in [2.75, 3.05) is 32.1 Å². The number of oxazole rings is 1. The lowest BCUT2D eigenvalue weighted by molar-refractivity contribution is -0.137. The molecule has 0 saturated carbocycles. The summed E-state index contributed by atoms with van der Waals surface area (Å²) in [5.41, 5.74) is 3.57. The van der Waals surface area contributed by atoms with Gasteiger partial charge in [-0.3, -0.25) is 4.79 Å². The van der Waals surface area contributed by atoms with Gasteiger partial charge in [0.05, 0.1) is 0 Å². The predicted octanol–water partition coefficient (Wildman–Crippen LogP) is 3.21. The van der Waals surface area contributed by atoms with Gasteiger partial charge in [-0.05, 0) is 50.7 Å². The quantitative estimate of drug-likeness (QED) is 0.516. The third-order valence-electron chi connectivity index (χ3n) is 5.84. The number of anilines is 1. The summed E-state index contributed by atoms with van der Waals surface area (Å²) in [6.07, 6.45) is 1.69. The molecule has 1 fully saturated rings. The number of nitrogens with zero attached hydrogens (tertiary/aromatic N) is 3. The zero-order chi connectivity index (χ0) is 19.3. The minimum Gasteiger partial charge on any atom is -0.440 e. The first-order chi connectivity index (χ1) is 13.6. The van der Waals surface area contributed by atoms with E-state index in [4.69, 9.17) is 9.15 Å². The van der Waals surface area contributed by atoms with Crippen LogP contribution in [-0.4, -0.2) is 49.1 Å². The van der Waals surface area contributed by atoms with Gasteiger partial charge >= 0.3 is 5.97 Å². The average molecular weight is 377 g/mol. The summed E-state index contributed by atoms with van der Waals surface area (Å²) in [5.74, 6) is 0.275. The molecule has 0 aliphatic carbocycles. The summed E-state index contributed by atoms with van der Waals surface area (Å²) in [4.78, 5) is 21.8. The molecule has 2 aromatic carbocycles. The van der Waals surface area contributed by atoms with Crippen molar-refractivity contribution in [3.8, 4) is 5.75 Å². The fourth-order valence-corrected chi connectivity index (χ4v) is 4.11. The van der Waals surface area contributed by atoms with E-state index in [1.807, 2.05) is 30.3 Å². The maximum atomic E-state index is 12.7. The van der Waals surface area contributed by atoms with Gasteiger partial charge in [0.25, 0.3) is 0 Å². The third-order valence-corrected chi connectivity index (χ3v) is 5.84. The molecule has 2 aliphatic heterocycles. The Morgan fingerprint density at radius 3 is 2.82 bits per heavy atom. The van der Waals surface area contributed by atoms with Crippen molar-refractivity contribution < 1.29 is 13.9 Å². The van der Waals surface area contributed by atoms with Gasteiger partial charge < -0.3 is 19.0 Å². The first-order valence-corrected chi connectivity index (χ1v) is 9.70. The molecule has 28 heavy (non-hydrogen) atoms. The van der Waals surface area contributed by atoms with Crippen LogP contribution in [0.25, 0.3) is 11.1 Å². The van der Waals surface area contributed by atoms with Gasteiger partial charge in [0.15, 0.2) is 5.58 Å². The summed E-state index contributed by atoms with van der Waals surface area (Å²) in [7, 11) is 4.24. The van der Waals surface area contributed by atoms with E-state index in [0.29, 0.717) is 29.7 Å². The van der Waals surface area contributed by atoms with Crippen LogP contribution in [0.1, 0.15) is 23.8 Å². The lowest BCUT2D eigenvalue weighted by Crippen LogP contribution is -2.31. The van der Waals surface area contributed by atoms with Gasteiger partial charge in [-0.2, -0.15) is 0 Å². The first kappa shape index (κ1) is 17.3. The number of ether oxygens (including phenoxy) is 1. The van der Waals surface area contributed by atoms with Gasteiger partial charge in [0.2, 0.25) is 5.89 Å². The highest BCUT2D eigenvalue weighted by Gasteiger charge is 2.34. The molecule has 0 bridgehead atoms. The summed E-state index contributed by atoms with van der Waals surface area (Å²) in [5, 5.41) is 0. The molecule has 3 heterocycles. The topological polar surface area (TPSA) is 58.8 Å². The molecule has 0 N–H and O–H groups in total. The fourth-order valence-electron chi connectivity index (χ4n) is 4.11. The van der Waals surface area contributed by atoms with Crippen molar-refractivity contribution >= 4 is 22.8 Å². The van der Waals surface area contributed by atoms with Crippen molar-refractivity contribution in [2.24, 2.45) is 0 Å². The van der Waals surface area contributed by atoms with Crippen molar-refractivity contribution in [1.29, 1.82) is 0 Å². The molecule has 2 aliphatic rings. The molecule has 2 unspecified atom stereocenters. The Hall–Kier alpha value is -2.86. The van der Waals surface area contributed by atoms with Gasteiger partial charge in [-0.15, -0.1) is 0 Å². The number of hydrogen-bond acceptors (Lipinski definition) is 6. The average Bonchev–Trinajstić information content (AvgIpc) is 3.34. The Labute approximate surface area is 163 Å². The molecule has 6 nitrogen and oxygen atoms in total. The largest absolute Gasteiger partial charge is 0.440 e. The number of benzene rings is 2. The highest BCUT2D eigenvalue weighted by Crippen LogP contribution is 2.37. The Morgan fingerprint density at radius 2 is 2.04 bits per heavy atom. The van der Waals surface area contributed by atoms with Crippen LogP contribution in [0, 0.1) is 0 Å². The summed E-state index contributed by atoms with van der Waals surface area (Å²) >= 11 is 0. The molecule has 0 radical (unpaired) electrons. The van der Waals surface area contributed by atoms with Gasteiger partial charge in [-0.1, -0.05) is 18.2 Å². The molecule has 6 heteroatoms. The van der Waals surface area contributed by atoms with Crippen LogP contribution in [0.5, 0.6) is 5.75 Å². The second-order valence-electron chi connectivity index (χ2n) is 7.84. The highest BCUT2D eigenvalue weighted by molar-refractivity contribution is 5.83. The molecule has 5 rings (SSSR count). The smallest absolute Gasteiger partial charge is 0.324 e. The van der Waals surface area contributed by atoms with Gasteiger partial charge in [0, 0.05) is 30.9 Å². The van der Waals surface area contributed by atoms with Crippen LogP contribution in [-0.2, 0) is 11.2 Å². The molecule has 0 amide bonds. The summed E-state index contributed by atoms with van der Waals surface area (Å²) < 4.78 is 11.5. The second-order valence-corrected chi connectivity index (χ2v) is 7.84. The van der Waals surface area contributed by atoms with Crippen LogP contribution >= 0.6 is 0 Å². The van der Waals surface area contributed by atoms with Crippen LogP contribution in [0.15, 0.2) is 46.9 Å². The maximum Gasteiger partial charge on any atom is 0.324 e. The fraction of sp³-hybridized carbons (Fsp3) is 0.364. The van der Waals surface area contributed by atoms with E-state index >= 15 is 0 Å². The number of carbonyl (C=O) groups is 1. The number of para-hydroxylation sites is 2. The lowest BCUT2D eigenvalue weighted by atomic mass is 9.95. The van der Waals surface area contributed by atoms with Crippen LogP contribution < -0.4 is 9.64 Å². The van der Waals surface area contributed by atoms with Crippen molar-refractivity contribution in [3.63, 3.8) is 0 Å². The van der Waals surface area contributed by atoms with E-state index in [-0.39, 0.29) is 5.97 Å². The molecular formula is C22H23N3O3. The molecule has 3 aromatic rings. The highest BCUT2D eigenvalue weighted by atomic mass is 16.5. The van der Waals surface area contributed by atoms with Crippen molar-refractivity contribution in [3.05, 3.63) is 53.9 Å². The molecule has 0 spiro atoms. The number of hydrogen-bond donors (Lipinski definition) is 0. The Kier molecular flexibility index (Phi) is 4.09. The lowest BCUT2D eigenvalue weighted by Gasteiger charge is -2.25. The normalized spacial score (nSPS) is 22.0. The number of esters is 1. The predicted molar refractivity (Wildman–Crippen MR) is 107 cm³/mol. The van der Waals surface area contributed by atoms with E-state index in [2.05, 4.69) is 41.0 Å². The van der Waals surface area contributed by atoms with E-state index in [1.54, 1.807) is 0 Å². The number of likely N-dealkylation sites (N-methyl/N-ethyl adjacent to an activating group) is 1. The van der Waals surface area contributed by atoms with Crippen LogP contribution in [0.2, 0.25) is 0 Å². The number of carbonyl (C=O) groups excluding carboxylic acids is 1. The van der Waals surface area contributed by atoms with Crippen LogP contribution in [0.3, 0.4) is 0 Å². The number of rotatable bonds is 3. The molecule has 1 aromatic heterocycles. The summed E-state index contributed by atoms with van der Waals surface area (Å²) in [6.45, 7) is 2.01. The zero-order valence-electron chi connectivity index (χ0n) is 16.1. The number of fused-ring (bicyclic) bond motifs is 2. The minimum atomic E-state index is -0.504. The summed E-state index contributed by atoms with van der Waals surface area (Å²) in [6, 6.07) is 14.3. The molecule has 144 valence electrons. The molecular weight excluding hydrogens is 354 g/mol. The monoisotopic (exact) mass is 377 g/mol. The Morgan fingerprint density at radius 1 is 1.18 bits per heavy atom. The van der Waals surface area contributed by atoms with E-state index in [1.165, 1.54) is 0 Å². The Balaban J connectivity index is 1.39. The van der Waals surface area contributed by atoms with E-state index < -0.39 is 5.92 Å². The molecule has 1 saturated heterocycles. The second kappa shape index (κ2) is 6.63. The Bertz CT molecular complexity index is 1010. The zero-order valence-corrected chi connectivity index (χ0v) is 16.1. The molecule has 2 atom stereocenters. The first-order valence-electron chi connectivity index (χ1n) is 9.70. The van der Waals surface area contributed by atoms with Crippen molar-refractivity contribution in [1.82, 2.24) is 9.88 Å². The van der Waals surface area contributed by atoms with E-state index in [0.717, 1.165) is 36.3 Å².